The number of anilines is 1. The van der Waals surface area contributed by atoms with E-state index in [1.807, 2.05) is 24.3 Å². The van der Waals surface area contributed by atoms with Crippen LogP contribution in [-0.4, -0.2) is 20.3 Å². The first-order chi connectivity index (χ1) is 9.70. The summed E-state index contributed by atoms with van der Waals surface area (Å²) in [7, 11) is 1.60. The molecule has 0 aliphatic carbocycles. The van der Waals surface area contributed by atoms with Crippen molar-refractivity contribution in [2.75, 3.05) is 25.6 Å². The van der Waals surface area contributed by atoms with Crippen LogP contribution >= 0.6 is 15.9 Å². The van der Waals surface area contributed by atoms with Crippen molar-refractivity contribution >= 4 is 21.6 Å². The van der Waals surface area contributed by atoms with Crippen LogP contribution in [0.15, 0.2) is 46.9 Å². The Labute approximate surface area is 125 Å². The van der Waals surface area contributed by atoms with E-state index in [0.29, 0.717) is 34.8 Å². The van der Waals surface area contributed by atoms with E-state index in [2.05, 4.69) is 21.2 Å². The Morgan fingerprint density at radius 3 is 2.60 bits per heavy atom. The molecule has 0 heterocycles. The van der Waals surface area contributed by atoms with Crippen molar-refractivity contribution in [2.45, 2.75) is 0 Å². The maximum atomic E-state index is 13.3. The van der Waals surface area contributed by atoms with Crippen molar-refractivity contribution in [3.8, 4) is 11.5 Å². The molecule has 0 atom stereocenters. The molecule has 5 heteroatoms. The van der Waals surface area contributed by atoms with E-state index < -0.39 is 0 Å². The predicted molar refractivity (Wildman–Crippen MR) is 81.1 cm³/mol. The second-order valence-electron chi connectivity index (χ2n) is 4.05. The van der Waals surface area contributed by atoms with E-state index in [-0.39, 0.29) is 5.82 Å². The predicted octanol–water partition coefficient (Wildman–Crippen LogP) is 4.09. The first-order valence-corrected chi connectivity index (χ1v) is 6.95. The molecular formula is C15H15BrFNO2. The summed E-state index contributed by atoms with van der Waals surface area (Å²) in [6.07, 6.45) is 0. The maximum absolute atomic E-state index is 13.3. The van der Waals surface area contributed by atoms with Crippen molar-refractivity contribution in [3.05, 3.63) is 52.8 Å². The van der Waals surface area contributed by atoms with Gasteiger partial charge in [-0.2, -0.15) is 0 Å². The van der Waals surface area contributed by atoms with E-state index in [4.69, 9.17) is 9.47 Å². The Morgan fingerprint density at radius 2 is 1.90 bits per heavy atom. The van der Waals surface area contributed by atoms with Gasteiger partial charge in [0.25, 0.3) is 0 Å². The standard InChI is InChI=1S/C15H15BrFNO2/c1-19-14-4-2-3-5-15(14)20-9-8-18-11-6-7-12(16)13(17)10-11/h2-7,10,18H,8-9H2,1H3. The highest BCUT2D eigenvalue weighted by molar-refractivity contribution is 9.10. The van der Waals surface area contributed by atoms with Crippen molar-refractivity contribution in [1.29, 1.82) is 0 Å². The van der Waals surface area contributed by atoms with Crippen LogP contribution in [0.1, 0.15) is 0 Å². The van der Waals surface area contributed by atoms with E-state index >= 15 is 0 Å². The molecule has 0 aromatic heterocycles. The Morgan fingerprint density at radius 1 is 1.15 bits per heavy atom. The fourth-order valence-corrected chi connectivity index (χ4v) is 1.95. The second kappa shape index (κ2) is 7.14. The molecule has 106 valence electrons. The van der Waals surface area contributed by atoms with Gasteiger partial charge in [-0.25, -0.2) is 4.39 Å². The summed E-state index contributed by atoms with van der Waals surface area (Å²) in [4.78, 5) is 0. The number of benzene rings is 2. The third-order valence-corrected chi connectivity index (χ3v) is 3.32. The molecule has 2 rings (SSSR count). The SMILES string of the molecule is COc1ccccc1OCCNc1ccc(Br)c(F)c1. The van der Waals surface area contributed by atoms with Crippen LogP contribution in [0.2, 0.25) is 0 Å². The third kappa shape index (κ3) is 3.87. The van der Waals surface area contributed by atoms with E-state index in [1.54, 1.807) is 19.2 Å². The lowest BCUT2D eigenvalue weighted by Crippen LogP contribution is -2.12. The molecule has 0 spiro atoms. The van der Waals surface area contributed by atoms with Crippen LogP contribution in [0.25, 0.3) is 0 Å². The minimum atomic E-state index is -0.291. The average molecular weight is 340 g/mol. The van der Waals surface area contributed by atoms with Crippen LogP contribution in [0.4, 0.5) is 10.1 Å². The molecule has 0 unspecified atom stereocenters. The van der Waals surface area contributed by atoms with Gasteiger partial charge in [0.05, 0.1) is 11.6 Å². The fourth-order valence-electron chi connectivity index (χ4n) is 1.70. The van der Waals surface area contributed by atoms with Gasteiger partial charge < -0.3 is 14.8 Å². The Balaban J connectivity index is 1.83. The van der Waals surface area contributed by atoms with Gasteiger partial charge >= 0.3 is 0 Å². The summed E-state index contributed by atoms with van der Waals surface area (Å²) in [5.74, 6) is 1.10. The zero-order chi connectivity index (χ0) is 14.4. The summed E-state index contributed by atoms with van der Waals surface area (Å²) in [5.41, 5.74) is 0.717. The monoisotopic (exact) mass is 339 g/mol. The molecule has 2 aromatic carbocycles. The number of ether oxygens (including phenoxy) is 2. The molecule has 20 heavy (non-hydrogen) atoms. The zero-order valence-electron chi connectivity index (χ0n) is 11.0. The average Bonchev–Trinajstić information content (AvgIpc) is 2.47. The van der Waals surface area contributed by atoms with Crippen molar-refractivity contribution < 1.29 is 13.9 Å². The molecule has 2 aromatic rings. The molecule has 0 fully saturated rings. The highest BCUT2D eigenvalue weighted by Crippen LogP contribution is 2.25. The van der Waals surface area contributed by atoms with Crippen LogP contribution in [0.5, 0.6) is 11.5 Å². The topological polar surface area (TPSA) is 30.5 Å². The van der Waals surface area contributed by atoms with Gasteiger partial charge in [-0.05, 0) is 46.3 Å². The third-order valence-electron chi connectivity index (χ3n) is 2.68. The summed E-state index contributed by atoms with van der Waals surface area (Å²) >= 11 is 3.12. The Hall–Kier alpha value is -1.75. The van der Waals surface area contributed by atoms with Gasteiger partial charge in [0.2, 0.25) is 0 Å². The van der Waals surface area contributed by atoms with Crippen molar-refractivity contribution in [2.24, 2.45) is 0 Å². The normalized spacial score (nSPS) is 10.2. The lowest BCUT2D eigenvalue weighted by atomic mass is 10.3. The lowest BCUT2D eigenvalue weighted by molar-refractivity contribution is 0.306. The van der Waals surface area contributed by atoms with E-state index in [0.717, 1.165) is 0 Å². The fraction of sp³-hybridized carbons (Fsp3) is 0.200. The number of hydrogen-bond donors (Lipinski definition) is 1. The molecule has 0 aliphatic heterocycles. The highest BCUT2D eigenvalue weighted by atomic mass is 79.9. The Bertz CT molecular complexity index is 578. The highest BCUT2D eigenvalue weighted by Gasteiger charge is 2.03. The summed E-state index contributed by atoms with van der Waals surface area (Å²) in [6.45, 7) is 1.02. The molecule has 0 saturated heterocycles. The zero-order valence-corrected chi connectivity index (χ0v) is 12.6. The quantitative estimate of drug-likeness (QED) is 0.804. The molecule has 0 aliphatic rings. The van der Waals surface area contributed by atoms with E-state index in [1.165, 1.54) is 6.07 Å². The van der Waals surface area contributed by atoms with Gasteiger partial charge in [0.1, 0.15) is 12.4 Å². The number of rotatable bonds is 6. The van der Waals surface area contributed by atoms with Gasteiger partial charge in [0.15, 0.2) is 11.5 Å². The number of para-hydroxylation sites is 2. The molecule has 0 saturated carbocycles. The van der Waals surface area contributed by atoms with Crippen LogP contribution < -0.4 is 14.8 Å². The van der Waals surface area contributed by atoms with Crippen molar-refractivity contribution in [1.82, 2.24) is 0 Å². The first-order valence-electron chi connectivity index (χ1n) is 6.15. The maximum Gasteiger partial charge on any atom is 0.161 e. The Kier molecular flexibility index (Phi) is 5.24. The number of hydrogen-bond acceptors (Lipinski definition) is 3. The second-order valence-corrected chi connectivity index (χ2v) is 4.91. The first kappa shape index (κ1) is 14.7. The minimum absolute atomic E-state index is 0.291. The van der Waals surface area contributed by atoms with E-state index in [9.17, 15) is 4.39 Å². The minimum Gasteiger partial charge on any atom is -0.493 e. The number of nitrogens with one attached hydrogen (secondary N) is 1. The smallest absolute Gasteiger partial charge is 0.161 e. The molecule has 0 amide bonds. The van der Waals surface area contributed by atoms with Gasteiger partial charge in [0, 0.05) is 12.2 Å². The van der Waals surface area contributed by atoms with Crippen LogP contribution in [0.3, 0.4) is 0 Å². The largest absolute Gasteiger partial charge is 0.493 e. The summed E-state index contributed by atoms with van der Waals surface area (Å²) < 4.78 is 24.6. The number of halogens is 2. The van der Waals surface area contributed by atoms with Crippen LogP contribution in [-0.2, 0) is 0 Å². The van der Waals surface area contributed by atoms with Crippen LogP contribution in [0, 0.1) is 5.82 Å². The molecule has 0 radical (unpaired) electrons. The molecule has 3 nitrogen and oxygen atoms in total. The van der Waals surface area contributed by atoms with Gasteiger partial charge in [-0.15, -0.1) is 0 Å². The molecule has 1 N–H and O–H groups in total. The summed E-state index contributed by atoms with van der Waals surface area (Å²) in [5, 5.41) is 3.09. The molecular weight excluding hydrogens is 325 g/mol. The lowest BCUT2D eigenvalue weighted by Gasteiger charge is -2.11. The van der Waals surface area contributed by atoms with Gasteiger partial charge in [-0.3, -0.25) is 0 Å². The molecule has 0 bridgehead atoms. The van der Waals surface area contributed by atoms with Gasteiger partial charge in [-0.1, -0.05) is 12.1 Å². The summed E-state index contributed by atoms with van der Waals surface area (Å²) in [6, 6.07) is 12.4. The van der Waals surface area contributed by atoms with Crippen molar-refractivity contribution in [3.63, 3.8) is 0 Å². The number of methoxy groups -OCH3 is 1.